The molecule has 8 heteroatoms. The SMILES string of the molecule is CCOC(=O)c1ccc(NC(=O)/C=C/c2ccc(OC)c(OC)c2OC)cc1Cl. The summed E-state index contributed by atoms with van der Waals surface area (Å²) in [5.74, 6) is 0.483. The fraction of sp³-hybridized carbons (Fsp3) is 0.238. The zero-order valence-corrected chi connectivity index (χ0v) is 17.3. The maximum Gasteiger partial charge on any atom is 0.339 e. The van der Waals surface area contributed by atoms with Gasteiger partial charge in [0.05, 0.1) is 38.5 Å². The van der Waals surface area contributed by atoms with Crippen LogP contribution in [0.15, 0.2) is 36.4 Å². The average molecular weight is 420 g/mol. The lowest BCUT2D eigenvalue weighted by molar-refractivity contribution is -0.111. The number of esters is 1. The van der Waals surface area contributed by atoms with E-state index >= 15 is 0 Å². The normalized spacial score (nSPS) is 10.5. The van der Waals surface area contributed by atoms with Crippen LogP contribution in [0.1, 0.15) is 22.8 Å². The molecule has 0 aromatic heterocycles. The van der Waals surface area contributed by atoms with Crippen LogP contribution < -0.4 is 19.5 Å². The van der Waals surface area contributed by atoms with Crippen molar-refractivity contribution in [1.82, 2.24) is 0 Å². The number of anilines is 1. The Bertz CT molecular complexity index is 926. The smallest absolute Gasteiger partial charge is 0.339 e. The van der Waals surface area contributed by atoms with Crippen LogP contribution in [0.4, 0.5) is 5.69 Å². The molecule has 0 fully saturated rings. The predicted molar refractivity (Wildman–Crippen MR) is 111 cm³/mol. The van der Waals surface area contributed by atoms with E-state index in [1.54, 1.807) is 31.2 Å². The highest BCUT2D eigenvalue weighted by atomic mass is 35.5. The Morgan fingerprint density at radius 3 is 2.34 bits per heavy atom. The van der Waals surface area contributed by atoms with Crippen LogP contribution in [0, 0.1) is 0 Å². The maximum atomic E-state index is 12.3. The highest BCUT2D eigenvalue weighted by molar-refractivity contribution is 6.34. The predicted octanol–water partition coefficient (Wildman–Crippen LogP) is 4.19. The molecule has 0 aliphatic rings. The molecular weight excluding hydrogens is 398 g/mol. The van der Waals surface area contributed by atoms with Gasteiger partial charge >= 0.3 is 5.97 Å². The molecule has 154 valence electrons. The van der Waals surface area contributed by atoms with Crippen LogP contribution in [0.2, 0.25) is 5.02 Å². The Morgan fingerprint density at radius 2 is 1.76 bits per heavy atom. The summed E-state index contributed by atoms with van der Waals surface area (Å²) in [6.45, 7) is 1.96. The number of benzene rings is 2. The van der Waals surface area contributed by atoms with Crippen molar-refractivity contribution in [2.45, 2.75) is 6.92 Å². The van der Waals surface area contributed by atoms with E-state index in [0.29, 0.717) is 28.5 Å². The van der Waals surface area contributed by atoms with Crippen molar-refractivity contribution in [1.29, 1.82) is 0 Å². The third-order valence-electron chi connectivity index (χ3n) is 3.88. The van der Waals surface area contributed by atoms with Crippen molar-refractivity contribution in [3.8, 4) is 17.2 Å². The Balaban J connectivity index is 2.16. The standard InChI is InChI=1S/C21H22ClNO6/c1-5-29-21(25)15-9-8-14(12-16(15)22)23-18(24)11-7-13-6-10-17(26-2)20(28-4)19(13)27-3/h6-12H,5H2,1-4H3,(H,23,24)/b11-7+. The number of ether oxygens (including phenoxy) is 4. The van der Waals surface area contributed by atoms with E-state index in [1.807, 2.05) is 0 Å². The number of amides is 1. The first-order valence-electron chi connectivity index (χ1n) is 8.69. The van der Waals surface area contributed by atoms with Gasteiger partial charge in [-0.3, -0.25) is 4.79 Å². The highest BCUT2D eigenvalue weighted by Gasteiger charge is 2.15. The van der Waals surface area contributed by atoms with Crippen molar-refractivity contribution in [2.75, 3.05) is 33.3 Å². The molecule has 2 aromatic carbocycles. The van der Waals surface area contributed by atoms with Gasteiger partial charge in [-0.1, -0.05) is 11.6 Å². The summed E-state index contributed by atoms with van der Waals surface area (Å²) in [7, 11) is 4.53. The second kappa shape index (κ2) is 10.4. The molecule has 0 radical (unpaired) electrons. The molecule has 1 N–H and O–H groups in total. The van der Waals surface area contributed by atoms with Crippen molar-refractivity contribution >= 4 is 35.2 Å². The van der Waals surface area contributed by atoms with Crippen LogP contribution in [0.3, 0.4) is 0 Å². The summed E-state index contributed by atoms with van der Waals surface area (Å²) in [5.41, 5.74) is 1.31. The molecule has 0 aliphatic heterocycles. The van der Waals surface area contributed by atoms with Gasteiger partial charge in [0.25, 0.3) is 0 Å². The molecule has 2 aromatic rings. The first-order chi connectivity index (χ1) is 13.9. The zero-order chi connectivity index (χ0) is 21.4. The molecule has 0 bridgehead atoms. The van der Waals surface area contributed by atoms with Crippen LogP contribution in [-0.4, -0.2) is 39.8 Å². The summed E-state index contributed by atoms with van der Waals surface area (Å²) in [6, 6.07) is 8.01. The minimum Gasteiger partial charge on any atom is -0.493 e. The number of nitrogens with one attached hydrogen (secondary N) is 1. The molecule has 0 aliphatic carbocycles. The summed E-state index contributed by atoms with van der Waals surface area (Å²) >= 11 is 6.11. The molecule has 1 amide bonds. The van der Waals surface area contributed by atoms with Gasteiger partial charge in [-0.15, -0.1) is 0 Å². The molecule has 0 heterocycles. The number of methoxy groups -OCH3 is 3. The number of rotatable bonds is 8. The van der Waals surface area contributed by atoms with Gasteiger partial charge in [0.2, 0.25) is 11.7 Å². The fourth-order valence-electron chi connectivity index (χ4n) is 2.57. The zero-order valence-electron chi connectivity index (χ0n) is 16.6. The van der Waals surface area contributed by atoms with Crippen LogP contribution in [0.5, 0.6) is 17.2 Å². The van der Waals surface area contributed by atoms with Gasteiger partial charge in [0, 0.05) is 17.3 Å². The van der Waals surface area contributed by atoms with E-state index in [9.17, 15) is 9.59 Å². The van der Waals surface area contributed by atoms with Crippen LogP contribution >= 0.6 is 11.6 Å². The summed E-state index contributed by atoms with van der Waals surface area (Å²) in [5, 5.41) is 2.87. The van der Waals surface area contributed by atoms with Gasteiger partial charge in [0.15, 0.2) is 11.5 Å². The largest absolute Gasteiger partial charge is 0.493 e. The van der Waals surface area contributed by atoms with E-state index in [4.69, 9.17) is 30.5 Å². The van der Waals surface area contributed by atoms with Gasteiger partial charge in [0.1, 0.15) is 0 Å². The molecule has 29 heavy (non-hydrogen) atoms. The Labute approximate surface area is 174 Å². The molecule has 7 nitrogen and oxygen atoms in total. The first kappa shape index (κ1) is 22.1. The number of halogens is 1. The minimum atomic E-state index is -0.518. The molecule has 0 saturated carbocycles. The minimum absolute atomic E-state index is 0.187. The Kier molecular flexibility index (Phi) is 7.91. The maximum absolute atomic E-state index is 12.3. The lowest BCUT2D eigenvalue weighted by Gasteiger charge is -2.14. The number of hydrogen-bond donors (Lipinski definition) is 1. The van der Waals surface area contributed by atoms with Crippen molar-refractivity contribution in [3.63, 3.8) is 0 Å². The lowest BCUT2D eigenvalue weighted by Crippen LogP contribution is -2.09. The van der Waals surface area contributed by atoms with E-state index in [2.05, 4.69) is 5.32 Å². The fourth-order valence-corrected chi connectivity index (χ4v) is 2.83. The van der Waals surface area contributed by atoms with E-state index in [-0.39, 0.29) is 23.1 Å². The second-order valence-corrected chi connectivity index (χ2v) is 6.07. The number of hydrogen-bond acceptors (Lipinski definition) is 6. The quantitative estimate of drug-likeness (QED) is 0.510. The van der Waals surface area contributed by atoms with Crippen molar-refractivity contribution in [2.24, 2.45) is 0 Å². The third kappa shape index (κ3) is 5.42. The third-order valence-corrected chi connectivity index (χ3v) is 4.19. The van der Waals surface area contributed by atoms with Crippen LogP contribution in [0.25, 0.3) is 6.08 Å². The van der Waals surface area contributed by atoms with Gasteiger partial charge in [-0.2, -0.15) is 0 Å². The first-order valence-corrected chi connectivity index (χ1v) is 9.07. The number of carbonyl (C=O) groups excluding carboxylic acids is 2. The van der Waals surface area contributed by atoms with E-state index in [1.165, 1.54) is 39.5 Å². The molecular formula is C21H22ClNO6. The molecule has 0 atom stereocenters. The molecule has 2 rings (SSSR count). The second-order valence-electron chi connectivity index (χ2n) is 5.66. The van der Waals surface area contributed by atoms with Gasteiger partial charge in [-0.05, 0) is 43.3 Å². The number of carbonyl (C=O) groups is 2. The monoisotopic (exact) mass is 419 g/mol. The van der Waals surface area contributed by atoms with Gasteiger partial charge in [-0.25, -0.2) is 4.79 Å². The molecule has 0 unspecified atom stereocenters. The van der Waals surface area contributed by atoms with Crippen molar-refractivity contribution < 1.29 is 28.5 Å². The van der Waals surface area contributed by atoms with E-state index in [0.717, 1.165) is 0 Å². The average Bonchev–Trinajstić information content (AvgIpc) is 2.71. The Morgan fingerprint density at radius 1 is 1.03 bits per heavy atom. The summed E-state index contributed by atoms with van der Waals surface area (Å²) in [6.07, 6.45) is 2.93. The highest BCUT2D eigenvalue weighted by Crippen LogP contribution is 2.40. The van der Waals surface area contributed by atoms with Crippen molar-refractivity contribution in [3.05, 3.63) is 52.6 Å². The summed E-state index contributed by atoms with van der Waals surface area (Å²) < 4.78 is 20.9. The van der Waals surface area contributed by atoms with Crippen LogP contribution in [-0.2, 0) is 9.53 Å². The van der Waals surface area contributed by atoms with E-state index < -0.39 is 5.97 Å². The topological polar surface area (TPSA) is 83.1 Å². The lowest BCUT2D eigenvalue weighted by atomic mass is 10.1. The Hall–Kier alpha value is -3.19. The molecule has 0 spiro atoms. The molecule has 0 saturated heterocycles. The van der Waals surface area contributed by atoms with Gasteiger partial charge < -0.3 is 24.3 Å². The summed E-state index contributed by atoms with van der Waals surface area (Å²) in [4.78, 5) is 24.0.